The van der Waals surface area contributed by atoms with Crippen molar-refractivity contribution in [2.75, 3.05) is 26.2 Å². The molecule has 0 aromatic rings. The third-order valence-electron chi connectivity index (χ3n) is 9.74. The number of rotatable bonds is 38. The van der Waals surface area contributed by atoms with Gasteiger partial charge in [-0.25, -0.2) is 0 Å². The molecule has 2 atom stereocenters. The fourth-order valence-electron chi connectivity index (χ4n) is 6.60. The largest absolute Gasteiger partial charge is 0.463 e. The standard InChI is InChI=1S/C42H83NO6/c1-5-8-11-14-18-23-29-38(4)48-41(46)33-28-35-43(36-39(45)37-44)34-27-22-17-21-26-32-42(47)49-40(30-24-19-15-12-9-6-2)31-25-20-16-13-10-7-3/h38-40,44-45H,5-37H2,1-4H3. The molecule has 0 aromatic carbocycles. The van der Waals surface area contributed by atoms with Gasteiger partial charge in [-0.05, 0) is 77.8 Å². The monoisotopic (exact) mass is 698 g/mol. The quantitative estimate of drug-likeness (QED) is 0.0489. The second kappa shape index (κ2) is 36.6. The Hall–Kier alpha value is -1.18. The van der Waals surface area contributed by atoms with E-state index in [1.54, 1.807) is 0 Å². The molecule has 0 amide bonds. The zero-order valence-corrected chi connectivity index (χ0v) is 33.0. The van der Waals surface area contributed by atoms with E-state index in [-0.39, 0.29) is 30.8 Å². The van der Waals surface area contributed by atoms with Gasteiger partial charge in [-0.1, -0.05) is 136 Å². The minimum absolute atomic E-state index is 0.0264. The van der Waals surface area contributed by atoms with Crippen LogP contribution in [0.1, 0.15) is 214 Å². The van der Waals surface area contributed by atoms with Crippen LogP contribution in [0.5, 0.6) is 0 Å². The van der Waals surface area contributed by atoms with Crippen LogP contribution in [0.4, 0.5) is 0 Å². The second-order valence-corrected chi connectivity index (χ2v) is 14.8. The summed E-state index contributed by atoms with van der Waals surface area (Å²) >= 11 is 0. The van der Waals surface area contributed by atoms with Crippen LogP contribution in [0.25, 0.3) is 0 Å². The summed E-state index contributed by atoms with van der Waals surface area (Å²) in [5.41, 5.74) is 0. The summed E-state index contributed by atoms with van der Waals surface area (Å²) in [6.07, 6.45) is 31.4. The highest BCUT2D eigenvalue weighted by atomic mass is 16.5. The average Bonchev–Trinajstić information content (AvgIpc) is 3.08. The predicted molar refractivity (Wildman–Crippen MR) is 206 cm³/mol. The Balaban J connectivity index is 4.29. The maximum atomic E-state index is 12.7. The predicted octanol–water partition coefficient (Wildman–Crippen LogP) is 10.9. The lowest BCUT2D eigenvalue weighted by molar-refractivity contribution is -0.150. The second-order valence-electron chi connectivity index (χ2n) is 14.8. The van der Waals surface area contributed by atoms with Crippen molar-refractivity contribution in [2.24, 2.45) is 0 Å². The van der Waals surface area contributed by atoms with Crippen molar-refractivity contribution in [3.8, 4) is 0 Å². The first kappa shape index (κ1) is 47.8. The van der Waals surface area contributed by atoms with Crippen molar-refractivity contribution in [2.45, 2.75) is 232 Å². The van der Waals surface area contributed by atoms with Crippen molar-refractivity contribution in [3.05, 3.63) is 0 Å². The zero-order valence-electron chi connectivity index (χ0n) is 33.0. The lowest BCUT2D eigenvalue weighted by Crippen LogP contribution is -2.36. The molecule has 0 heterocycles. The highest BCUT2D eigenvalue weighted by Gasteiger charge is 2.16. The first-order valence-corrected chi connectivity index (χ1v) is 21.3. The van der Waals surface area contributed by atoms with E-state index in [0.29, 0.717) is 32.4 Å². The van der Waals surface area contributed by atoms with Crippen LogP contribution in [0.2, 0.25) is 0 Å². The van der Waals surface area contributed by atoms with E-state index in [2.05, 4.69) is 25.7 Å². The maximum Gasteiger partial charge on any atom is 0.306 e. The number of ether oxygens (including phenoxy) is 2. The van der Waals surface area contributed by atoms with Crippen LogP contribution in [-0.2, 0) is 19.1 Å². The van der Waals surface area contributed by atoms with Crippen molar-refractivity contribution in [3.63, 3.8) is 0 Å². The molecule has 49 heavy (non-hydrogen) atoms. The minimum atomic E-state index is -0.777. The molecule has 0 saturated heterocycles. The fraction of sp³-hybridized carbons (Fsp3) is 0.952. The number of esters is 2. The molecule has 7 nitrogen and oxygen atoms in total. The van der Waals surface area contributed by atoms with E-state index in [4.69, 9.17) is 9.47 Å². The summed E-state index contributed by atoms with van der Waals surface area (Å²) in [6, 6.07) is 0. The van der Waals surface area contributed by atoms with Crippen molar-refractivity contribution in [1.29, 1.82) is 0 Å². The Bertz CT molecular complexity index is 703. The fourth-order valence-corrected chi connectivity index (χ4v) is 6.60. The smallest absolute Gasteiger partial charge is 0.306 e. The Morgan fingerprint density at radius 2 is 0.939 bits per heavy atom. The van der Waals surface area contributed by atoms with Gasteiger partial charge in [0.1, 0.15) is 6.10 Å². The third-order valence-corrected chi connectivity index (χ3v) is 9.74. The highest BCUT2D eigenvalue weighted by molar-refractivity contribution is 5.69. The Kier molecular flexibility index (Phi) is 35.7. The maximum absolute atomic E-state index is 12.7. The number of unbranched alkanes of at least 4 members (excludes halogenated alkanes) is 19. The number of carbonyl (C=O) groups excluding carboxylic acids is 2. The molecule has 0 aliphatic carbocycles. The van der Waals surface area contributed by atoms with Gasteiger partial charge in [-0.3, -0.25) is 9.59 Å². The number of nitrogens with zero attached hydrogens (tertiary/aromatic N) is 1. The van der Waals surface area contributed by atoms with E-state index in [1.165, 1.54) is 96.3 Å². The lowest BCUT2D eigenvalue weighted by atomic mass is 10.0. The van der Waals surface area contributed by atoms with Gasteiger partial charge in [-0.2, -0.15) is 0 Å². The van der Waals surface area contributed by atoms with Gasteiger partial charge in [0.2, 0.25) is 0 Å². The van der Waals surface area contributed by atoms with Crippen LogP contribution in [0.3, 0.4) is 0 Å². The molecule has 292 valence electrons. The summed E-state index contributed by atoms with van der Waals surface area (Å²) in [7, 11) is 0. The van der Waals surface area contributed by atoms with E-state index >= 15 is 0 Å². The van der Waals surface area contributed by atoms with Gasteiger partial charge in [0, 0.05) is 19.4 Å². The molecular formula is C42H83NO6. The first-order chi connectivity index (χ1) is 23.9. The Morgan fingerprint density at radius 1 is 0.531 bits per heavy atom. The minimum Gasteiger partial charge on any atom is -0.463 e. The van der Waals surface area contributed by atoms with Crippen LogP contribution in [-0.4, -0.2) is 71.6 Å². The van der Waals surface area contributed by atoms with Crippen LogP contribution >= 0.6 is 0 Å². The van der Waals surface area contributed by atoms with Gasteiger partial charge >= 0.3 is 11.9 Å². The van der Waals surface area contributed by atoms with Crippen LogP contribution in [0, 0.1) is 0 Å². The van der Waals surface area contributed by atoms with Crippen LogP contribution < -0.4 is 0 Å². The number of aliphatic hydroxyl groups is 2. The highest BCUT2D eigenvalue weighted by Crippen LogP contribution is 2.18. The number of hydrogen-bond acceptors (Lipinski definition) is 7. The molecule has 0 spiro atoms. The first-order valence-electron chi connectivity index (χ1n) is 21.3. The molecule has 0 saturated carbocycles. The van der Waals surface area contributed by atoms with Crippen LogP contribution in [0.15, 0.2) is 0 Å². The van der Waals surface area contributed by atoms with Crippen molar-refractivity contribution < 1.29 is 29.3 Å². The molecule has 0 rings (SSSR count). The number of carbonyl (C=O) groups is 2. The van der Waals surface area contributed by atoms with Gasteiger partial charge in [0.05, 0.1) is 18.8 Å². The van der Waals surface area contributed by atoms with E-state index < -0.39 is 6.10 Å². The van der Waals surface area contributed by atoms with Gasteiger partial charge in [-0.15, -0.1) is 0 Å². The third kappa shape index (κ3) is 33.7. The molecule has 0 bridgehead atoms. The van der Waals surface area contributed by atoms with Crippen molar-refractivity contribution >= 4 is 11.9 Å². The molecule has 2 N–H and O–H groups in total. The Morgan fingerprint density at radius 3 is 1.47 bits per heavy atom. The summed E-state index contributed by atoms with van der Waals surface area (Å²) in [4.78, 5) is 27.2. The summed E-state index contributed by atoms with van der Waals surface area (Å²) in [5, 5.41) is 19.4. The summed E-state index contributed by atoms with van der Waals surface area (Å²) < 4.78 is 11.6. The topological polar surface area (TPSA) is 96.3 Å². The molecule has 0 aliphatic heterocycles. The number of hydrogen-bond donors (Lipinski definition) is 2. The van der Waals surface area contributed by atoms with E-state index in [9.17, 15) is 19.8 Å². The molecule has 0 fully saturated rings. The zero-order chi connectivity index (χ0) is 36.2. The Labute approximate surface area is 304 Å². The number of aliphatic hydroxyl groups excluding tert-OH is 2. The molecule has 0 aromatic heterocycles. The molecule has 0 radical (unpaired) electrons. The average molecular weight is 698 g/mol. The molecule has 7 heteroatoms. The summed E-state index contributed by atoms with van der Waals surface area (Å²) in [5.74, 6) is -0.169. The van der Waals surface area contributed by atoms with E-state index in [0.717, 1.165) is 77.2 Å². The van der Waals surface area contributed by atoms with Crippen molar-refractivity contribution in [1.82, 2.24) is 4.90 Å². The molecule has 2 unspecified atom stereocenters. The van der Waals surface area contributed by atoms with E-state index in [1.807, 2.05) is 6.92 Å². The SMILES string of the molecule is CCCCCCCCC(C)OC(=O)CCCN(CCCCCCCC(=O)OC(CCCCCCCC)CCCCCCCC)CC(O)CO. The van der Waals surface area contributed by atoms with Gasteiger partial charge in [0.15, 0.2) is 0 Å². The molecule has 0 aliphatic rings. The normalized spacial score (nSPS) is 12.9. The van der Waals surface area contributed by atoms with Gasteiger partial charge in [0.25, 0.3) is 0 Å². The lowest BCUT2D eigenvalue weighted by Gasteiger charge is -2.24. The molecular weight excluding hydrogens is 614 g/mol. The summed E-state index contributed by atoms with van der Waals surface area (Å²) in [6.45, 7) is 10.4. The van der Waals surface area contributed by atoms with Gasteiger partial charge < -0.3 is 24.6 Å².